The summed E-state index contributed by atoms with van der Waals surface area (Å²) < 4.78 is 82.4. The van der Waals surface area contributed by atoms with Gasteiger partial charge in [-0.05, 0) is 85.0 Å². The summed E-state index contributed by atoms with van der Waals surface area (Å²) >= 11 is 0. The molecule has 2 saturated carbocycles. The van der Waals surface area contributed by atoms with Crippen molar-refractivity contribution in [3.8, 4) is 0 Å². The number of alkyl halides is 6. The number of fused-ring (bicyclic) bond motifs is 1. The van der Waals surface area contributed by atoms with Crippen LogP contribution in [-0.2, 0) is 32.0 Å². The molecule has 0 spiro atoms. The van der Waals surface area contributed by atoms with Gasteiger partial charge in [0.15, 0.2) is 0 Å². The molecule has 2 N–H and O–H groups in total. The van der Waals surface area contributed by atoms with Crippen molar-refractivity contribution in [2.75, 3.05) is 29.4 Å². The Bertz CT molecular complexity index is 1610. The van der Waals surface area contributed by atoms with Crippen molar-refractivity contribution in [1.29, 1.82) is 0 Å². The van der Waals surface area contributed by atoms with Crippen LogP contribution in [0.2, 0.25) is 0 Å². The largest absolute Gasteiger partial charge is 0.416 e. The van der Waals surface area contributed by atoms with E-state index in [0.29, 0.717) is 11.8 Å². The van der Waals surface area contributed by atoms with E-state index in [1.54, 1.807) is 4.90 Å². The Morgan fingerprint density at radius 3 is 2.09 bits per heavy atom. The van der Waals surface area contributed by atoms with E-state index in [1.807, 2.05) is 31.2 Å². The maximum Gasteiger partial charge on any atom is 0.416 e. The molecule has 45 heavy (non-hydrogen) atoms. The quantitative estimate of drug-likeness (QED) is 0.182. The zero-order valence-corrected chi connectivity index (χ0v) is 24.7. The minimum absolute atomic E-state index is 0.0562. The average Bonchev–Trinajstić information content (AvgIpc) is 3.91. The molecule has 0 aliphatic heterocycles. The Kier molecular flexibility index (Phi) is 8.35. The molecule has 2 heterocycles. The zero-order chi connectivity index (χ0) is 31.9. The molecule has 14 heteroatoms. The third-order valence-corrected chi connectivity index (χ3v) is 8.19. The summed E-state index contributed by atoms with van der Waals surface area (Å²) in [5.74, 6) is 1.94. The van der Waals surface area contributed by atoms with Gasteiger partial charge in [-0.1, -0.05) is 23.3 Å². The monoisotopic (exact) mass is 632 g/mol. The molecule has 4 aromatic rings. The minimum atomic E-state index is -4.97. The van der Waals surface area contributed by atoms with Gasteiger partial charge in [0.2, 0.25) is 0 Å². The molecule has 2 aliphatic carbocycles. The van der Waals surface area contributed by atoms with Gasteiger partial charge in [-0.15, -0.1) is 5.10 Å². The number of pyridine rings is 1. The van der Waals surface area contributed by atoms with Crippen LogP contribution in [0.25, 0.3) is 10.9 Å². The normalized spacial score (nSPS) is 15.6. The molecule has 0 saturated heterocycles. The summed E-state index contributed by atoms with van der Waals surface area (Å²) in [6.07, 6.45) is -5.38. The number of anilines is 2. The lowest BCUT2D eigenvalue weighted by Gasteiger charge is -2.29. The van der Waals surface area contributed by atoms with Crippen LogP contribution in [0.15, 0.2) is 42.5 Å². The predicted molar refractivity (Wildman–Crippen MR) is 157 cm³/mol. The third kappa shape index (κ3) is 7.48. The SMILES string of the molecule is Cc1cccc2cc(CN(Cc3cc(C(F)(F)F)cc(C(F)(F)F)c3)c3nnn(CCN)n3)c(N(CC3CC3)CC3CC3)nc12. The molecule has 2 fully saturated rings. The maximum atomic E-state index is 13.7. The second-order valence-electron chi connectivity index (χ2n) is 12.2. The summed E-state index contributed by atoms with van der Waals surface area (Å²) in [6, 6.07) is 9.46. The molecular formula is C31H34F6N8. The summed E-state index contributed by atoms with van der Waals surface area (Å²) in [5, 5.41) is 13.4. The second kappa shape index (κ2) is 12.1. The van der Waals surface area contributed by atoms with Crippen LogP contribution in [0.5, 0.6) is 0 Å². The molecule has 0 atom stereocenters. The number of nitrogens with two attached hydrogens (primary N) is 1. The predicted octanol–water partition coefficient (Wildman–Crippen LogP) is 6.36. The molecular weight excluding hydrogens is 598 g/mol. The number of rotatable bonds is 12. The van der Waals surface area contributed by atoms with Gasteiger partial charge in [-0.2, -0.15) is 31.1 Å². The van der Waals surface area contributed by atoms with E-state index in [1.165, 1.54) is 4.80 Å². The molecule has 6 rings (SSSR count). The van der Waals surface area contributed by atoms with Crippen molar-refractivity contribution in [3.05, 3.63) is 70.3 Å². The lowest BCUT2D eigenvalue weighted by molar-refractivity contribution is -0.143. The van der Waals surface area contributed by atoms with E-state index in [0.717, 1.165) is 78.8 Å². The molecule has 2 aromatic heterocycles. The lowest BCUT2D eigenvalue weighted by atomic mass is 10.0. The summed E-state index contributed by atoms with van der Waals surface area (Å²) in [5.41, 5.74) is 5.32. The van der Waals surface area contributed by atoms with Crippen molar-refractivity contribution in [2.45, 2.75) is 64.6 Å². The number of hydrogen-bond acceptors (Lipinski definition) is 7. The molecule has 2 aromatic carbocycles. The van der Waals surface area contributed by atoms with E-state index in [2.05, 4.69) is 20.3 Å². The van der Waals surface area contributed by atoms with Gasteiger partial charge in [-0.3, -0.25) is 0 Å². The van der Waals surface area contributed by atoms with E-state index in [-0.39, 0.29) is 43.8 Å². The number of para-hydroxylation sites is 1. The molecule has 0 bridgehead atoms. The number of aryl methyl sites for hydroxylation is 1. The highest BCUT2D eigenvalue weighted by Gasteiger charge is 2.37. The fraction of sp³-hybridized carbons (Fsp3) is 0.484. The van der Waals surface area contributed by atoms with Crippen LogP contribution in [0.1, 0.15) is 53.5 Å². The minimum Gasteiger partial charge on any atom is -0.356 e. The summed E-state index contributed by atoms with van der Waals surface area (Å²) in [7, 11) is 0. The molecule has 2 aliphatic rings. The number of hydrogen-bond donors (Lipinski definition) is 1. The Morgan fingerprint density at radius 1 is 0.867 bits per heavy atom. The maximum absolute atomic E-state index is 13.7. The highest BCUT2D eigenvalue weighted by atomic mass is 19.4. The lowest BCUT2D eigenvalue weighted by Crippen LogP contribution is -2.32. The first-order valence-corrected chi connectivity index (χ1v) is 15.0. The van der Waals surface area contributed by atoms with E-state index in [9.17, 15) is 26.3 Å². The van der Waals surface area contributed by atoms with Gasteiger partial charge in [0.1, 0.15) is 5.82 Å². The average molecular weight is 633 g/mol. The fourth-order valence-electron chi connectivity index (χ4n) is 5.55. The molecule has 0 unspecified atom stereocenters. The van der Waals surface area contributed by atoms with Crippen LogP contribution in [0.3, 0.4) is 0 Å². The Labute approximate surface area is 256 Å². The first-order chi connectivity index (χ1) is 21.4. The molecule has 8 nitrogen and oxygen atoms in total. The van der Waals surface area contributed by atoms with E-state index >= 15 is 0 Å². The summed E-state index contributed by atoms with van der Waals surface area (Å²) in [6.45, 7) is 3.85. The Balaban J connectivity index is 1.44. The smallest absolute Gasteiger partial charge is 0.356 e. The first-order valence-electron chi connectivity index (χ1n) is 15.0. The van der Waals surface area contributed by atoms with Gasteiger partial charge in [0.25, 0.3) is 5.95 Å². The molecule has 240 valence electrons. The Hall–Kier alpha value is -3.94. The van der Waals surface area contributed by atoms with Crippen LogP contribution in [-0.4, -0.2) is 44.8 Å². The van der Waals surface area contributed by atoms with Crippen molar-refractivity contribution in [3.63, 3.8) is 0 Å². The van der Waals surface area contributed by atoms with Crippen LogP contribution in [0.4, 0.5) is 38.1 Å². The highest BCUT2D eigenvalue weighted by molar-refractivity contribution is 5.84. The van der Waals surface area contributed by atoms with Crippen LogP contribution < -0.4 is 15.5 Å². The van der Waals surface area contributed by atoms with Gasteiger partial charge in [0, 0.05) is 43.7 Å². The van der Waals surface area contributed by atoms with Crippen LogP contribution >= 0.6 is 0 Å². The number of halogens is 6. The van der Waals surface area contributed by atoms with Crippen molar-refractivity contribution < 1.29 is 26.3 Å². The number of tetrazole rings is 1. The van der Waals surface area contributed by atoms with Crippen molar-refractivity contribution in [2.24, 2.45) is 17.6 Å². The third-order valence-electron chi connectivity index (χ3n) is 8.19. The van der Waals surface area contributed by atoms with Crippen LogP contribution in [0, 0.1) is 18.8 Å². The topological polar surface area (TPSA) is 89.0 Å². The van der Waals surface area contributed by atoms with Crippen molar-refractivity contribution in [1.82, 2.24) is 25.2 Å². The van der Waals surface area contributed by atoms with E-state index < -0.39 is 23.5 Å². The number of benzene rings is 2. The molecule has 0 amide bonds. The van der Waals surface area contributed by atoms with Gasteiger partial charge >= 0.3 is 12.4 Å². The second-order valence-corrected chi connectivity index (χ2v) is 12.2. The highest BCUT2D eigenvalue weighted by Crippen LogP contribution is 2.39. The number of nitrogens with zero attached hydrogens (tertiary/aromatic N) is 7. The number of aromatic nitrogens is 5. The van der Waals surface area contributed by atoms with Gasteiger partial charge in [0.05, 0.1) is 23.2 Å². The van der Waals surface area contributed by atoms with Gasteiger partial charge < -0.3 is 15.5 Å². The zero-order valence-electron chi connectivity index (χ0n) is 24.7. The standard InChI is InChI=1S/C31H34F6N8/c1-19-3-2-4-23-13-24(28(39-27(19)23)43(15-20-5-6-20)16-21-7-8-21)18-44(29-40-42-45(41-29)10-9-38)17-22-11-25(30(32,33)34)14-26(12-22)31(35,36)37/h2-4,11-14,20-21H,5-10,15-18,38H2,1H3. The van der Waals surface area contributed by atoms with Crippen molar-refractivity contribution >= 4 is 22.7 Å². The first kappa shape index (κ1) is 31.1. The Morgan fingerprint density at radius 2 is 1.51 bits per heavy atom. The summed E-state index contributed by atoms with van der Waals surface area (Å²) in [4.78, 5) is 10.2. The fourth-order valence-corrected chi connectivity index (χ4v) is 5.55. The molecule has 0 radical (unpaired) electrons. The van der Waals surface area contributed by atoms with E-state index in [4.69, 9.17) is 10.7 Å². The van der Waals surface area contributed by atoms with Gasteiger partial charge in [-0.25, -0.2) is 4.98 Å².